The van der Waals surface area contributed by atoms with E-state index < -0.39 is 0 Å². The minimum Gasteiger partial charge on any atom is -0.384 e. The number of hydrogen-bond donors (Lipinski definition) is 2. The highest BCUT2D eigenvalue weighted by Crippen LogP contribution is 2.26. The molecular formula is C19H26N6O. The van der Waals surface area contributed by atoms with E-state index in [2.05, 4.69) is 15.2 Å². The normalized spacial score (nSPS) is 18.7. The monoisotopic (exact) mass is 354 g/mol. The third-order valence-corrected chi connectivity index (χ3v) is 5.05. The highest BCUT2D eigenvalue weighted by molar-refractivity contribution is 5.65. The molecule has 0 aromatic carbocycles. The lowest BCUT2D eigenvalue weighted by Crippen LogP contribution is -2.37. The smallest absolute Gasteiger partial charge is 0.228 e. The van der Waals surface area contributed by atoms with Gasteiger partial charge in [-0.1, -0.05) is 19.3 Å². The zero-order valence-electron chi connectivity index (χ0n) is 15.0. The maximum absolute atomic E-state index is 5.73. The molecule has 3 heterocycles. The number of nitrogens with zero attached hydrogens (tertiary/aromatic N) is 4. The predicted octanol–water partition coefficient (Wildman–Crippen LogP) is 2.70. The summed E-state index contributed by atoms with van der Waals surface area (Å²) in [5.74, 6) is 2.15. The Morgan fingerprint density at radius 1 is 1.08 bits per heavy atom. The van der Waals surface area contributed by atoms with Crippen molar-refractivity contribution >= 4 is 17.6 Å². The summed E-state index contributed by atoms with van der Waals surface area (Å²) in [5.41, 5.74) is 7.54. The molecule has 1 aliphatic heterocycles. The molecule has 0 amide bonds. The Morgan fingerprint density at radius 2 is 1.88 bits per heavy atom. The summed E-state index contributed by atoms with van der Waals surface area (Å²) in [4.78, 5) is 16.0. The molecule has 7 heteroatoms. The first-order valence-electron chi connectivity index (χ1n) is 9.48. The van der Waals surface area contributed by atoms with E-state index in [0.717, 1.165) is 36.1 Å². The van der Waals surface area contributed by atoms with Crippen LogP contribution in [0.25, 0.3) is 11.3 Å². The van der Waals surface area contributed by atoms with Crippen molar-refractivity contribution in [3.8, 4) is 11.3 Å². The molecule has 2 aromatic heterocycles. The van der Waals surface area contributed by atoms with Gasteiger partial charge in [0.25, 0.3) is 0 Å². The molecule has 0 radical (unpaired) electrons. The van der Waals surface area contributed by atoms with Crippen LogP contribution in [0.2, 0.25) is 0 Å². The highest BCUT2D eigenvalue weighted by Gasteiger charge is 2.19. The molecule has 4 rings (SSSR count). The minimum atomic E-state index is 0.494. The molecular weight excluding hydrogens is 328 g/mol. The molecule has 0 unspecified atom stereocenters. The predicted molar refractivity (Wildman–Crippen MR) is 103 cm³/mol. The molecule has 138 valence electrons. The van der Waals surface area contributed by atoms with Crippen molar-refractivity contribution in [2.45, 2.75) is 38.1 Å². The number of ether oxygens (including phenoxy) is 1. The Kier molecular flexibility index (Phi) is 5.15. The Balaban J connectivity index is 1.65. The minimum absolute atomic E-state index is 0.494. The van der Waals surface area contributed by atoms with E-state index in [0.29, 0.717) is 25.1 Å². The van der Waals surface area contributed by atoms with Gasteiger partial charge in [0.15, 0.2) is 0 Å². The SMILES string of the molecule is Nc1ccc(-c2cc(NC3CCCCC3)nc(N3CCOCC3)n2)cn1. The van der Waals surface area contributed by atoms with Crippen LogP contribution in [-0.2, 0) is 4.74 Å². The number of morpholine rings is 1. The fraction of sp³-hybridized carbons (Fsp3) is 0.526. The highest BCUT2D eigenvalue weighted by atomic mass is 16.5. The molecule has 0 bridgehead atoms. The molecule has 1 aliphatic carbocycles. The van der Waals surface area contributed by atoms with Crippen molar-refractivity contribution in [3.63, 3.8) is 0 Å². The Labute approximate surface area is 154 Å². The summed E-state index contributed by atoms with van der Waals surface area (Å²) < 4.78 is 5.46. The van der Waals surface area contributed by atoms with E-state index in [1.807, 2.05) is 12.1 Å². The lowest BCUT2D eigenvalue weighted by atomic mass is 9.95. The second-order valence-electron chi connectivity index (χ2n) is 6.99. The van der Waals surface area contributed by atoms with Crippen molar-refractivity contribution < 1.29 is 4.74 Å². The van der Waals surface area contributed by atoms with Gasteiger partial charge < -0.3 is 20.7 Å². The molecule has 2 aliphatic rings. The summed E-state index contributed by atoms with van der Waals surface area (Å²) in [5, 5.41) is 3.63. The van der Waals surface area contributed by atoms with Crippen LogP contribution in [0.5, 0.6) is 0 Å². The molecule has 26 heavy (non-hydrogen) atoms. The van der Waals surface area contributed by atoms with Crippen LogP contribution in [0.15, 0.2) is 24.4 Å². The van der Waals surface area contributed by atoms with Crippen LogP contribution < -0.4 is 16.0 Å². The molecule has 1 saturated carbocycles. The van der Waals surface area contributed by atoms with Crippen molar-refractivity contribution in [2.75, 3.05) is 42.3 Å². The van der Waals surface area contributed by atoms with Gasteiger partial charge in [-0.3, -0.25) is 0 Å². The molecule has 3 N–H and O–H groups in total. The third kappa shape index (κ3) is 4.04. The van der Waals surface area contributed by atoms with E-state index >= 15 is 0 Å². The first kappa shape index (κ1) is 17.0. The zero-order valence-corrected chi connectivity index (χ0v) is 15.0. The van der Waals surface area contributed by atoms with Crippen molar-refractivity contribution in [1.82, 2.24) is 15.0 Å². The first-order valence-corrected chi connectivity index (χ1v) is 9.48. The van der Waals surface area contributed by atoms with Gasteiger partial charge >= 0.3 is 0 Å². The van der Waals surface area contributed by atoms with Crippen LogP contribution in [0.3, 0.4) is 0 Å². The van der Waals surface area contributed by atoms with E-state index in [1.54, 1.807) is 12.3 Å². The fourth-order valence-corrected chi connectivity index (χ4v) is 3.57. The molecule has 2 aromatic rings. The van der Waals surface area contributed by atoms with E-state index in [-0.39, 0.29) is 0 Å². The summed E-state index contributed by atoms with van der Waals surface area (Å²) in [6, 6.07) is 6.28. The topological polar surface area (TPSA) is 89.2 Å². The summed E-state index contributed by atoms with van der Waals surface area (Å²) in [7, 11) is 0. The van der Waals surface area contributed by atoms with Crippen LogP contribution in [0.1, 0.15) is 32.1 Å². The van der Waals surface area contributed by atoms with Crippen molar-refractivity contribution in [3.05, 3.63) is 24.4 Å². The van der Waals surface area contributed by atoms with Gasteiger partial charge in [0.05, 0.1) is 18.9 Å². The second-order valence-corrected chi connectivity index (χ2v) is 6.99. The van der Waals surface area contributed by atoms with Crippen LogP contribution >= 0.6 is 0 Å². The van der Waals surface area contributed by atoms with Gasteiger partial charge in [-0.2, -0.15) is 4.98 Å². The maximum atomic E-state index is 5.73. The number of nitrogens with two attached hydrogens (primary N) is 1. The number of rotatable bonds is 4. The number of anilines is 3. The first-order chi connectivity index (χ1) is 12.8. The quantitative estimate of drug-likeness (QED) is 0.872. The number of nitrogen functional groups attached to an aromatic ring is 1. The Morgan fingerprint density at radius 3 is 2.62 bits per heavy atom. The van der Waals surface area contributed by atoms with Gasteiger partial charge in [-0.15, -0.1) is 0 Å². The maximum Gasteiger partial charge on any atom is 0.228 e. The number of nitrogens with one attached hydrogen (secondary N) is 1. The van der Waals surface area contributed by atoms with Gasteiger partial charge in [-0.05, 0) is 25.0 Å². The largest absolute Gasteiger partial charge is 0.384 e. The van der Waals surface area contributed by atoms with Crippen LogP contribution in [0, 0.1) is 0 Å². The summed E-state index contributed by atoms with van der Waals surface area (Å²) >= 11 is 0. The van der Waals surface area contributed by atoms with Crippen molar-refractivity contribution in [2.24, 2.45) is 0 Å². The van der Waals surface area contributed by atoms with E-state index in [4.69, 9.17) is 20.4 Å². The van der Waals surface area contributed by atoms with E-state index in [9.17, 15) is 0 Å². The molecule has 7 nitrogen and oxygen atoms in total. The van der Waals surface area contributed by atoms with Gasteiger partial charge in [-0.25, -0.2) is 9.97 Å². The van der Waals surface area contributed by atoms with Gasteiger partial charge in [0.1, 0.15) is 11.6 Å². The van der Waals surface area contributed by atoms with Crippen molar-refractivity contribution in [1.29, 1.82) is 0 Å². The Hall–Kier alpha value is -2.41. The average molecular weight is 354 g/mol. The molecule has 2 fully saturated rings. The average Bonchev–Trinajstić information content (AvgIpc) is 2.70. The lowest BCUT2D eigenvalue weighted by Gasteiger charge is -2.28. The Bertz CT molecular complexity index is 723. The van der Waals surface area contributed by atoms with Crippen LogP contribution in [0.4, 0.5) is 17.6 Å². The standard InChI is InChI=1S/C19H26N6O/c20-17-7-6-14(13-21-17)16-12-18(22-15-4-2-1-3-5-15)24-19(23-16)25-8-10-26-11-9-25/h6-7,12-13,15H,1-5,8-11H2,(H2,20,21)(H,22,23,24). The number of aromatic nitrogens is 3. The fourth-order valence-electron chi connectivity index (χ4n) is 3.57. The number of hydrogen-bond acceptors (Lipinski definition) is 7. The lowest BCUT2D eigenvalue weighted by molar-refractivity contribution is 0.122. The molecule has 1 saturated heterocycles. The zero-order chi connectivity index (χ0) is 17.8. The molecule has 0 atom stereocenters. The third-order valence-electron chi connectivity index (χ3n) is 5.05. The van der Waals surface area contributed by atoms with Gasteiger partial charge in [0, 0.05) is 37.0 Å². The number of pyridine rings is 1. The van der Waals surface area contributed by atoms with Gasteiger partial charge in [0.2, 0.25) is 5.95 Å². The van der Waals surface area contributed by atoms with Crippen LogP contribution in [-0.4, -0.2) is 47.3 Å². The second kappa shape index (κ2) is 7.86. The molecule has 0 spiro atoms. The van der Waals surface area contributed by atoms with E-state index in [1.165, 1.54) is 32.1 Å². The summed E-state index contributed by atoms with van der Waals surface area (Å²) in [6.07, 6.45) is 8.08. The summed E-state index contributed by atoms with van der Waals surface area (Å²) in [6.45, 7) is 3.05.